The van der Waals surface area contributed by atoms with E-state index in [4.69, 9.17) is 4.74 Å². The molecule has 2 aliphatic heterocycles. The minimum Gasteiger partial charge on any atom is -0.497 e. The molecule has 0 unspecified atom stereocenters. The molecule has 1 fully saturated rings. The quantitative estimate of drug-likeness (QED) is 0.859. The molecule has 2 aromatic carbocycles. The molecule has 2 aromatic rings. The fourth-order valence-corrected chi connectivity index (χ4v) is 3.81. The number of carbonyl (C=O) groups is 2. The molecule has 0 atom stereocenters. The average Bonchev–Trinajstić information content (AvgIpc) is 2.69. The van der Waals surface area contributed by atoms with Crippen LogP contribution in [-0.2, 0) is 0 Å². The smallest absolute Gasteiger partial charge is 0.255 e. The van der Waals surface area contributed by atoms with E-state index in [0.29, 0.717) is 42.8 Å². The summed E-state index contributed by atoms with van der Waals surface area (Å²) in [7, 11) is 1.59. The van der Waals surface area contributed by atoms with Gasteiger partial charge in [-0.15, -0.1) is 0 Å². The van der Waals surface area contributed by atoms with Crippen LogP contribution in [0.25, 0.3) is 0 Å². The Labute approximate surface area is 158 Å². The van der Waals surface area contributed by atoms with E-state index in [1.54, 1.807) is 19.2 Å². The predicted molar refractivity (Wildman–Crippen MR) is 103 cm³/mol. The van der Waals surface area contributed by atoms with Crippen molar-refractivity contribution < 1.29 is 14.3 Å². The number of ether oxygens (including phenoxy) is 1. The van der Waals surface area contributed by atoms with Gasteiger partial charge in [-0.1, -0.05) is 17.7 Å². The van der Waals surface area contributed by atoms with E-state index in [1.807, 2.05) is 42.2 Å². The third-order valence-electron chi connectivity index (χ3n) is 5.37. The van der Waals surface area contributed by atoms with E-state index < -0.39 is 5.66 Å². The fourth-order valence-electron chi connectivity index (χ4n) is 3.81. The number of carbonyl (C=O) groups excluding carboxylic acids is 2. The highest BCUT2D eigenvalue weighted by Gasteiger charge is 2.41. The first-order chi connectivity index (χ1) is 13.0. The van der Waals surface area contributed by atoms with Crippen molar-refractivity contribution in [3.05, 3.63) is 59.2 Å². The van der Waals surface area contributed by atoms with Crippen LogP contribution in [0.3, 0.4) is 0 Å². The van der Waals surface area contributed by atoms with Gasteiger partial charge in [-0.05, 0) is 37.3 Å². The number of aryl methyl sites for hydroxylation is 1. The number of piperidine rings is 1. The van der Waals surface area contributed by atoms with Gasteiger partial charge in [0.25, 0.3) is 11.8 Å². The molecule has 1 saturated heterocycles. The molecule has 2 aliphatic rings. The van der Waals surface area contributed by atoms with Gasteiger partial charge in [0.1, 0.15) is 11.4 Å². The summed E-state index contributed by atoms with van der Waals surface area (Å²) in [6.45, 7) is 3.12. The highest BCUT2D eigenvalue weighted by molar-refractivity contribution is 6.02. The van der Waals surface area contributed by atoms with Crippen LogP contribution in [0.1, 0.15) is 39.1 Å². The topological polar surface area (TPSA) is 70.7 Å². The van der Waals surface area contributed by atoms with E-state index in [-0.39, 0.29) is 11.8 Å². The van der Waals surface area contributed by atoms with Crippen LogP contribution < -0.4 is 15.4 Å². The largest absolute Gasteiger partial charge is 0.497 e. The zero-order chi connectivity index (χ0) is 19.0. The summed E-state index contributed by atoms with van der Waals surface area (Å²) in [4.78, 5) is 27.2. The lowest BCUT2D eigenvalue weighted by Crippen LogP contribution is -2.62. The minimum absolute atomic E-state index is 0.0121. The van der Waals surface area contributed by atoms with Crippen molar-refractivity contribution in [1.82, 2.24) is 10.2 Å². The number of fused-ring (bicyclic) bond motifs is 1. The van der Waals surface area contributed by atoms with Crippen molar-refractivity contribution >= 4 is 17.5 Å². The summed E-state index contributed by atoms with van der Waals surface area (Å²) >= 11 is 0. The lowest BCUT2D eigenvalue weighted by atomic mass is 9.91. The normalized spacial score (nSPS) is 17.7. The average molecular weight is 365 g/mol. The van der Waals surface area contributed by atoms with Crippen LogP contribution in [0.2, 0.25) is 0 Å². The van der Waals surface area contributed by atoms with Crippen molar-refractivity contribution in [1.29, 1.82) is 0 Å². The number of likely N-dealkylation sites (tertiary alicyclic amines) is 1. The molecule has 140 valence electrons. The van der Waals surface area contributed by atoms with E-state index >= 15 is 0 Å². The second-order valence-corrected chi connectivity index (χ2v) is 7.23. The molecule has 0 aliphatic carbocycles. The lowest BCUT2D eigenvalue weighted by Gasteiger charge is -2.46. The minimum atomic E-state index is -0.496. The third-order valence-corrected chi connectivity index (χ3v) is 5.37. The molecule has 6 heteroatoms. The zero-order valence-corrected chi connectivity index (χ0v) is 15.5. The maximum atomic E-state index is 12.8. The number of hydrogen-bond donors (Lipinski definition) is 2. The second kappa shape index (κ2) is 6.61. The summed E-state index contributed by atoms with van der Waals surface area (Å²) < 4.78 is 5.21. The SMILES string of the molecule is COc1cccc(C(=O)N2CCC3(CC2)NC(=O)c2cc(C)ccc2N3)c1. The van der Waals surface area contributed by atoms with E-state index in [1.165, 1.54) is 0 Å². The van der Waals surface area contributed by atoms with Gasteiger partial charge in [0.15, 0.2) is 0 Å². The van der Waals surface area contributed by atoms with E-state index in [2.05, 4.69) is 10.6 Å². The zero-order valence-electron chi connectivity index (χ0n) is 15.5. The maximum absolute atomic E-state index is 12.8. The number of amides is 2. The van der Waals surface area contributed by atoms with Crippen molar-refractivity contribution in [2.24, 2.45) is 0 Å². The molecule has 0 saturated carbocycles. The molecule has 1 spiro atoms. The Hall–Kier alpha value is -3.02. The first-order valence-corrected chi connectivity index (χ1v) is 9.14. The number of benzene rings is 2. The Morgan fingerprint density at radius 3 is 2.63 bits per heavy atom. The molecule has 2 amide bonds. The fraction of sp³-hybridized carbons (Fsp3) is 0.333. The van der Waals surface area contributed by atoms with Gasteiger partial charge in [0.05, 0.1) is 12.7 Å². The Morgan fingerprint density at radius 1 is 1.11 bits per heavy atom. The van der Waals surface area contributed by atoms with Gasteiger partial charge < -0.3 is 20.3 Å². The number of rotatable bonds is 2. The van der Waals surface area contributed by atoms with Crippen LogP contribution in [0.4, 0.5) is 5.69 Å². The summed E-state index contributed by atoms with van der Waals surface area (Å²) in [6, 6.07) is 13.0. The van der Waals surface area contributed by atoms with Crippen molar-refractivity contribution in [2.45, 2.75) is 25.4 Å². The van der Waals surface area contributed by atoms with Crippen LogP contribution in [-0.4, -0.2) is 42.6 Å². The van der Waals surface area contributed by atoms with Crippen LogP contribution in [0, 0.1) is 6.92 Å². The molecule has 27 heavy (non-hydrogen) atoms. The van der Waals surface area contributed by atoms with Crippen LogP contribution in [0.5, 0.6) is 5.75 Å². The first kappa shape index (κ1) is 17.4. The van der Waals surface area contributed by atoms with E-state index in [9.17, 15) is 9.59 Å². The molecule has 0 bridgehead atoms. The molecule has 0 radical (unpaired) electrons. The van der Waals surface area contributed by atoms with Gasteiger partial charge in [0.2, 0.25) is 0 Å². The highest BCUT2D eigenvalue weighted by Crippen LogP contribution is 2.32. The second-order valence-electron chi connectivity index (χ2n) is 7.23. The number of nitrogens with zero attached hydrogens (tertiary/aromatic N) is 1. The molecule has 2 N–H and O–H groups in total. The monoisotopic (exact) mass is 365 g/mol. The van der Waals surface area contributed by atoms with Crippen LogP contribution >= 0.6 is 0 Å². The molecule has 0 aromatic heterocycles. The number of nitrogens with one attached hydrogen (secondary N) is 2. The Bertz CT molecular complexity index is 901. The van der Waals surface area contributed by atoms with Crippen molar-refractivity contribution in [2.75, 3.05) is 25.5 Å². The summed E-state index contributed by atoms with van der Waals surface area (Å²) in [5, 5.41) is 6.62. The van der Waals surface area contributed by atoms with Gasteiger partial charge >= 0.3 is 0 Å². The van der Waals surface area contributed by atoms with Crippen molar-refractivity contribution in [3.8, 4) is 5.75 Å². The molecule has 4 rings (SSSR count). The van der Waals surface area contributed by atoms with Gasteiger partial charge in [-0.2, -0.15) is 0 Å². The number of anilines is 1. The summed E-state index contributed by atoms with van der Waals surface area (Å²) in [5.41, 5.74) is 2.71. The Kier molecular flexibility index (Phi) is 4.26. The summed E-state index contributed by atoms with van der Waals surface area (Å²) in [5.74, 6) is 0.601. The first-order valence-electron chi connectivity index (χ1n) is 9.14. The third kappa shape index (κ3) is 3.23. The molecular weight excluding hydrogens is 342 g/mol. The van der Waals surface area contributed by atoms with Crippen molar-refractivity contribution in [3.63, 3.8) is 0 Å². The maximum Gasteiger partial charge on any atom is 0.255 e. The lowest BCUT2D eigenvalue weighted by molar-refractivity contribution is 0.0639. The predicted octanol–water partition coefficient (Wildman–Crippen LogP) is 2.79. The molecule has 2 heterocycles. The standard InChI is InChI=1S/C21H23N3O3/c1-14-6-7-18-17(12-14)19(25)23-21(22-18)8-10-24(11-9-21)20(26)15-4-3-5-16(13-15)27-2/h3-7,12-13,22H,8-11H2,1-2H3,(H,23,25). The van der Waals surface area contributed by atoms with Crippen LogP contribution in [0.15, 0.2) is 42.5 Å². The van der Waals surface area contributed by atoms with Gasteiger partial charge in [0, 0.05) is 37.2 Å². The Balaban J connectivity index is 1.48. The Morgan fingerprint density at radius 2 is 1.89 bits per heavy atom. The van der Waals surface area contributed by atoms with Gasteiger partial charge in [-0.3, -0.25) is 9.59 Å². The molecule has 6 nitrogen and oxygen atoms in total. The summed E-state index contributed by atoms with van der Waals surface area (Å²) in [6.07, 6.45) is 1.31. The molecular formula is C21H23N3O3. The number of hydrogen-bond acceptors (Lipinski definition) is 4. The number of methoxy groups -OCH3 is 1. The van der Waals surface area contributed by atoms with Gasteiger partial charge in [-0.25, -0.2) is 0 Å². The van der Waals surface area contributed by atoms with E-state index in [0.717, 1.165) is 11.3 Å². The highest BCUT2D eigenvalue weighted by atomic mass is 16.5.